The Morgan fingerprint density at radius 1 is 0.741 bits per heavy atom. The van der Waals surface area contributed by atoms with Crippen molar-refractivity contribution in [2.75, 3.05) is 5.32 Å². The molecular formula is C22H16N2O3. The third kappa shape index (κ3) is 3.11. The van der Waals surface area contributed by atoms with Gasteiger partial charge in [0.25, 0.3) is 17.7 Å². The first-order chi connectivity index (χ1) is 13.1. The lowest BCUT2D eigenvalue weighted by Gasteiger charge is -2.16. The van der Waals surface area contributed by atoms with Crippen LogP contribution >= 0.6 is 0 Å². The van der Waals surface area contributed by atoms with Crippen LogP contribution < -0.4 is 5.32 Å². The number of para-hydroxylation sites is 1. The van der Waals surface area contributed by atoms with Gasteiger partial charge in [0, 0.05) is 11.3 Å². The number of hydrogen-bond acceptors (Lipinski definition) is 3. The van der Waals surface area contributed by atoms with Crippen molar-refractivity contribution in [1.29, 1.82) is 0 Å². The highest BCUT2D eigenvalue weighted by Gasteiger charge is 2.35. The van der Waals surface area contributed by atoms with Crippen molar-refractivity contribution < 1.29 is 14.4 Å². The molecule has 0 aromatic heterocycles. The Balaban J connectivity index is 1.60. The zero-order chi connectivity index (χ0) is 18.8. The van der Waals surface area contributed by atoms with Crippen LogP contribution in [0.3, 0.4) is 0 Å². The summed E-state index contributed by atoms with van der Waals surface area (Å²) in [6.45, 7) is 0.0464. The minimum absolute atomic E-state index is 0.0464. The minimum atomic E-state index is -0.339. The van der Waals surface area contributed by atoms with Crippen LogP contribution in [0.4, 0.5) is 5.69 Å². The molecule has 0 fully saturated rings. The molecule has 0 atom stereocenters. The maximum absolute atomic E-state index is 12.7. The van der Waals surface area contributed by atoms with Gasteiger partial charge in [-0.3, -0.25) is 19.3 Å². The number of nitrogens with one attached hydrogen (secondary N) is 1. The molecule has 3 amide bonds. The summed E-state index contributed by atoms with van der Waals surface area (Å²) in [6, 6.07) is 22.9. The van der Waals surface area contributed by atoms with E-state index < -0.39 is 0 Å². The zero-order valence-corrected chi connectivity index (χ0v) is 14.4. The van der Waals surface area contributed by atoms with Crippen LogP contribution in [-0.2, 0) is 6.54 Å². The highest BCUT2D eigenvalue weighted by Crippen LogP contribution is 2.25. The summed E-state index contributed by atoms with van der Waals surface area (Å²) in [5.74, 6) is -0.962. The SMILES string of the molecule is O=C(Nc1ccccc1)c1ccccc1CN1C(=O)c2ccccc2C1=O. The van der Waals surface area contributed by atoms with Gasteiger partial charge in [0.2, 0.25) is 0 Å². The third-order valence-corrected chi connectivity index (χ3v) is 4.50. The van der Waals surface area contributed by atoms with E-state index in [4.69, 9.17) is 0 Å². The monoisotopic (exact) mass is 356 g/mol. The van der Waals surface area contributed by atoms with Crippen LogP contribution in [-0.4, -0.2) is 22.6 Å². The van der Waals surface area contributed by atoms with Gasteiger partial charge < -0.3 is 5.32 Å². The Morgan fingerprint density at radius 3 is 1.96 bits per heavy atom. The fraction of sp³-hybridized carbons (Fsp3) is 0.0455. The maximum Gasteiger partial charge on any atom is 0.261 e. The molecule has 0 aliphatic carbocycles. The maximum atomic E-state index is 12.7. The Hall–Kier alpha value is -3.73. The molecule has 4 rings (SSSR count). The number of nitrogens with zero attached hydrogens (tertiary/aromatic N) is 1. The summed E-state index contributed by atoms with van der Waals surface area (Å²) in [7, 11) is 0. The molecule has 5 heteroatoms. The summed E-state index contributed by atoms with van der Waals surface area (Å²) >= 11 is 0. The predicted molar refractivity (Wildman–Crippen MR) is 101 cm³/mol. The Kier molecular flexibility index (Phi) is 4.26. The van der Waals surface area contributed by atoms with Gasteiger partial charge in [0.05, 0.1) is 17.7 Å². The van der Waals surface area contributed by atoms with Crippen LogP contribution in [0.5, 0.6) is 0 Å². The molecule has 0 bridgehead atoms. The molecule has 132 valence electrons. The van der Waals surface area contributed by atoms with Crippen LogP contribution in [0.2, 0.25) is 0 Å². The molecule has 3 aromatic rings. The molecule has 3 aromatic carbocycles. The standard InChI is InChI=1S/C22H16N2O3/c25-20(23-16-9-2-1-3-10-16)17-11-5-4-8-15(17)14-24-21(26)18-12-6-7-13-19(18)22(24)27/h1-13H,14H2,(H,23,25). The average molecular weight is 356 g/mol. The van der Waals surface area contributed by atoms with Gasteiger partial charge in [-0.25, -0.2) is 0 Å². The van der Waals surface area contributed by atoms with E-state index in [0.29, 0.717) is 27.9 Å². The molecule has 0 saturated carbocycles. The summed E-state index contributed by atoms with van der Waals surface area (Å²) in [5, 5.41) is 2.84. The van der Waals surface area contributed by atoms with Crippen molar-refractivity contribution in [3.63, 3.8) is 0 Å². The number of benzene rings is 3. The fourth-order valence-corrected chi connectivity index (χ4v) is 3.15. The summed E-state index contributed by atoms with van der Waals surface area (Å²) in [5.41, 5.74) is 2.51. The van der Waals surface area contributed by atoms with E-state index in [1.165, 1.54) is 4.90 Å². The van der Waals surface area contributed by atoms with Crippen LogP contribution in [0.15, 0.2) is 78.9 Å². The van der Waals surface area contributed by atoms with Gasteiger partial charge in [-0.2, -0.15) is 0 Å². The number of anilines is 1. The van der Waals surface area contributed by atoms with E-state index in [9.17, 15) is 14.4 Å². The van der Waals surface area contributed by atoms with E-state index in [0.717, 1.165) is 0 Å². The molecule has 1 heterocycles. The molecule has 0 spiro atoms. The van der Waals surface area contributed by atoms with Gasteiger partial charge in [0.1, 0.15) is 0 Å². The fourth-order valence-electron chi connectivity index (χ4n) is 3.15. The van der Waals surface area contributed by atoms with E-state index in [2.05, 4.69) is 5.32 Å². The second-order valence-electron chi connectivity index (χ2n) is 6.22. The summed E-state index contributed by atoms with van der Waals surface area (Å²) in [4.78, 5) is 39.0. The molecular weight excluding hydrogens is 340 g/mol. The lowest BCUT2D eigenvalue weighted by atomic mass is 10.1. The lowest BCUT2D eigenvalue weighted by molar-refractivity contribution is 0.0640. The second-order valence-corrected chi connectivity index (χ2v) is 6.22. The molecule has 5 nitrogen and oxygen atoms in total. The van der Waals surface area contributed by atoms with Crippen molar-refractivity contribution >= 4 is 23.4 Å². The van der Waals surface area contributed by atoms with Crippen molar-refractivity contribution in [3.8, 4) is 0 Å². The Morgan fingerprint density at radius 2 is 1.30 bits per heavy atom. The second kappa shape index (κ2) is 6.88. The normalized spacial score (nSPS) is 12.8. The molecule has 0 radical (unpaired) electrons. The lowest BCUT2D eigenvalue weighted by Crippen LogP contribution is -2.30. The Labute approximate surface area is 156 Å². The summed E-state index contributed by atoms with van der Waals surface area (Å²) < 4.78 is 0. The van der Waals surface area contributed by atoms with E-state index >= 15 is 0 Å². The van der Waals surface area contributed by atoms with Crippen LogP contribution in [0.25, 0.3) is 0 Å². The van der Waals surface area contributed by atoms with Crippen molar-refractivity contribution in [2.24, 2.45) is 0 Å². The zero-order valence-electron chi connectivity index (χ0n) is 14.4. The molecule has 1 aliphatic heterocycles. The minimum Gasteiger partial charge on any atom is -0.322 e. The third-order valence-electron chi connectivity index (χ3n) is 4.50. The molecule has 1 aliphatic rings. The number of carbonyl (C=O) groups is 3. The van der Waals surface area contributed by atoms with Gasteiger partial charge in [-0.15, -0.1) is 0 Å². The van der Waals surface area contributed by atoms with Crippen LogP contribution in [0.1, 0.15) is 36.6 Å². The number of fused-ring (bicyclic) bond motifs is 1. The molecule has 1 N–H and O–H groups in total. The average Bonchev–Trinajstić information content (AvgIpc) is 2.94. The van der Waals surface area contributed by atoms with Gasteiger partial charge in [-0.05, 0) is 35.9 Å². The molecule has 27 heavy (non-hydrogen) atoms. The van der Waals surface area contributed by atoms with Gasteiger partial charge in [0.15, 0.2) is 0 Å². The highest BCUT2D eigenvalue weighted by atomic mass is 16.2. The number of rotatable bonds is 4. The van der Waals surface area contributed by atoms with E-state index in [1.807, 2.05) is 18.2 Å². The Bertz CT molecular complexity index is 1010. The van der Waals surface area contributed by atoms with E-state index in [1.54, 1.807) is 60.7 Å². The first-order valence-electron chi connectivity index (χ1n) is 8.54. The smallest absolute Gasteiger partial charge is 0.261 e. The number of hydrogen-bond donors (Lipinski definition) is 1. The highest BCUT2D eigenvalue weighted by molar-refractivity contribution is 6.21. The van der Waals surface area contributed by atoms with Crippen molar-refractivity contribution in [2.45, 2.75) is 6.54 Å². The predicted octanol–water partition coefficient (Wildman–Crippen LogP) is 3.74. The van der Waals surface area contributed by atoms with Crippen molar-refractivity contribution in [1.82, 2.24) is 4.90 Å². The number of amides is 3. The number of imide groups is 1. The van der Waals surface area contributed by atoms with Crippen molar-refractivity contribution in [3.05, 3.63) is 101 Å². The molecule has 0 unspecified atom stereocenters. The van der Waals surface area contributed by atoms with Crippen LogP contribution in [0, 0.1) is 0 Å². The molecule has 0 saturated heterocycles. The first-order valence-corrected chi connectivity index (χ1v) is 8.54. The largest absolute Gasteiger partial charge is 0.322 e. The van der Waals surface area contributed by atoms with Gasteiger partial charge in [-0.1, -0.05) is 48.5 Å². The first kappa shape index (κ1) is 16.7. The van der Waals surface area contributed by atoms with E-state index in [-0.39, 0.29) is 24.3 Å². The topological polar surface area (TPSA) is 66.5 Å². The number of carbonyl (C=O) groups excluding carboxylic acids is 3. The van der Waals surface area contributed by atoms with Gasteiger partial charge >= 0.3 is 0 Å². The quantitative estimate of drug-likeness (QED) is 0.724. The summed E-state index contributed by atoms with van der Waals surface area (Å²) in [6.07, 6.45) is 0.